The van der Waals surface area contributed by atoms with Gasteiger partial charge in [-0.1, -0.05) is 18.2 Å². The van der Waals surface area contributed by atoms with Gasteiger partial charge in [0.1, 0.15) is 66.6 Å². The van der Waals surface area contributed by atoms with Crippen LogP contribution in [-0.2, 0) is 48.7 Å². The van der Waals surface area contributed by atoms with E-state index in [-0.39, 0.29) is 25.0 Å². The van der Waals surface area contributed by atoms with Crippen molar-refractivity contribution >= 4 is 17.3 Å². The van der Waals surface area contributed by atoms with Crippen LogP contribution in [0, 0.1) is 11.3 Å². The molecule has 1 aromatic rings. The SMILES string of the molecule is C[C@@]12C[C@@]3(OS(=O)O)O[C@@H](O1)[C@]1(COC(=O)c4ccccc4)[C@H]3C[C@@]12O[C@@H]1O[C@H](CO[C@H]2O[C@H](CO)[C@@H](O)[C@H](O)[C@H]2O)[C@@H](O)[C@H](O)[C@H]1O. The molecule has 17 atom stereocenters. The van der Waals surface area contributed by atoms with Crippen molar-refractivity contribution in [1.82, 2.24) is 0 Å². The number of aliphatic hydroxyl groups excluding tert-OH is 7. The predicted octanol–water partition coefficient (Wildman–Crippen LogP) is -3.37. The zero-order valence-corrected chi connectivity index (χ0v) is 26.2. The zero-order valence-electron chi connectivity index (χ0n) is 25.4. The van der Waals surface area contributed by atoms with Crippen molar-refractivity contribution in [2.45, 2.75) is 104 Å². The maximum Gasteiger partial charge on any atom is 0.338 e. The molecule has 5 saturated heterocycles. The first-order valence-corrected chi connectivity index (χ1v) is 16.4. The largest absolute Gasteiger partial charge is 0.461 e. The van der Waals surface area contributed by atoms with E-state index in [1.807, 2.05) is 0 Å². The summed E-state index contributed by atoms with van der Waals surface area (Å²) in [5, 5.41) is 72.6. The molecule has 5 aliphatic heterocycles. The highest BCUT2D eigenvalue weighted by molar-refractivity contribution is 7.74. The van der Waals surface area contributed by atoms with Gasteiger partial charge in [-0.25, -0.2) is 8.98 Å². The minimum Gasteiger partial charge on any atom is -0.461 e. The molecule has 8 aliphatic rings. The van der Waals surface area contributed by atoms with Crippen LogP contribution in [0.15, 0.2) is 30.3 Å². The Balaban J connectivity index is 1.13. The van der Waals surface area contributed by atoms with Crippen LogP contribution < -0.4 is 0 Å². The van der Waals surface area contributed by atoms with E-state index in [1.54, 1.807) is 37.3 Å². The summed E-state index contributed by atoms with van der Waals surface area (Å²) in [6.07, 6.45) is -17.6. The molecule has 19 heteroatoms. The van der Waals surface area contributed by atoms with Crippen LogP contribution in [0.25, 0.3) is 0 Å². The van der Waals surface area contributed by atoms with Gasteiger partial charge in [0.05, 0.1) is 24.2 Å². The minimum atomic E-state index is -2.74. The molecule has 268 valence electrons. The summed E-state index contributed by atoms with van der Waals surface area (Å²) in [6, 6.07) is 8.17. The number of hydrogen-bond acceptors (Lipinski definition) is 17. The molecule has 18 nitrogen and oxygen atoms in total. The Labute approximate surface area is 275 Å². The fourth-order valence-corrected chi connectivity index (χ4v) is 8.91. The Bertz CT molecular complexity index is 1400. The van der Waals surface area contributed by atoms with Gasteiger partial charge < -0.3 is 68.9 Å². The van der Waals surface area contributed by atoms with Gasteiger partial charge in [-0.2, -0.15) is 4.21 Å². The lowest BCUT2D eigenvalue weighted by Gasteiger charge is -2.68. The number of carbonyl (C=O) groups excluding carboxylic acids is 1. The molecule has 1 unspecified atom stereocenters. The van der Waals surface area contributed by atoms with Gasteiger partial charge >= 0.3 is 17.3 Å². The molecule has 0 aromatic heterocycles. The topological polar surface area (TPSA) is 270 Å². The highest BCUT2D eigenvalue weighted by Gasteiger charge is 2.95. The molecule has 0 amide bonds. The highest BCUT2D eigenvalue weighted by Crippen LogP contribution is 2.82. The van der Waals surface area contributed by atoms with Crippen molar-refractivity contribution in [3.05, 3.63) is 35.9 Å². The van der Waals surface area contributed by atoms with E-state index < -0.39 is 127 Å². The maximum absolute atomic E-state index is 13.0. The molecule has 9 rings (SSSR count). The van der Waals surface area contributed by atoms with Crippen LogP contribution in [0.2, 0.25) is 0 Å². The summed E-state index contributed by atoms with van der Waals surface area (Å²) in [4.78, 5) is 13.0. The van der Waals surface area contributed by atoms with Crippen LogP contribution in [0.1, 0.15) is 30.1 Å². The Morgan fingerprint density at radius 1 is 0.917 bits per heavy atom. The molecule has 1 aromatic carbocycles. The summed E-state index contributed by atoms with van der Waals surface area (Å²) >= 11 is -2.74. The van der Waals surface area contributed by atoms with Crippen molar-refractivity contribution in [2.24, 2.45) is 11.3 Å². The number of hydrogen-bond donors (Lipinski definition) is 8. The predicted molar refractivity (Wildman–Crippen MR) is 151 cm³/mol. The summed E-state index contributed by atoms with van der Waals surface area (Å²) in [7, 11) is 0. The van der Waals surface area contributed by atoms with Crippen LogP contribution in [0.5, 0.6) is 0 Å². The summed E-state index contributed by atoms with van der Waals surface area (Å²) in [5.74, 6) is -2.95. The molecule has 8 fully saturated rings. The second-order valence-corrected chi connectivity index (χ2v) is 13.9. The minimum absolute atomic E-state index is 0.0668. The lowest BCUT2D eigenvalue weighted by atomic mass is 9.41. The first-order valence-electron chi connectivity index (χ1n) is 15.4. The van der Waals surface area contributed by atoms with Crippen molar-refractivity contribution in [1.29, 1.82) is 0 Å². The zero-order chi connectivity index (χ0) is 34.4. The number of carbonyl (C=O) groups is 1. The van der Waals surface area contributed by atoms with Crippen molar-refractivity contribution < 1.29 is 86.6 Å². The molecule has 6 bridgehead atoms. The molecular weight excluding hydrogens is 668 g/mol. The molecule has 0 radical (unpaired) electrons. The maximum atomic E-state index is 13.0. The first-order chi connectivity index (χ1) is 22.7. The quantitative estimate of drug-likeness (QED) is 0.0824. The molecule has 48 heavy (non-hydrogen) atoms. The van der Waals surface area contributed by atoms with E-state index >= 15 is 0 Å². The first kappa shape index (κ1) is 34.7. The summed E-state index contributed by atoms with van der Waals surface area (Å²) in [6.45, 7) is 0.0111. The van der Waals surface area contributed by atoms with Crippen LogP contribution in [-0.4, -0.2) is 155 Å². The fourth-order valence-electron chi connectivity index (χ4n) is 8.45. The lowest BCUT2D eigenvalue weighted by molar-refractivity contribution is -0.420. The lowest BCUT2D eigenvalue weighted by Crippen LogP contribution is -2.81. The Morgan fingerprint density at radius 3 is 2.23 bits per heavy atom. The van der Waals surface area contributed by atoms with Gasteiger partial charge in [-0.3, -0.25) is 4.55 Å². The van der Waals surface area contributed by atoms with Crippen molar-refractivity contribution in [3.8, 4) is 0 Å². The second kappa shape index (κ2) is 12.2. The standard InChI is InChI=1S/C29H38O18S/c1-26-10-28(47-48(38)39)15-7-29(26,27(15,25(45-26)46-28)11-41-22(37)12-5-3-2-4-6-12)44-24-21(36)19(34)17(32)14(43-24)9-40-23-20(35)18(33)16(31)13(8-30)42-23/h2-6,13-21,23-25,30-36H,7-11H2,1H3,(H,38,39)/t13-,14-,15-,16-,17-,18+,19+,20-,21-,23+,24+,25-,26+,27+,28+,29+/m1/s1. The van der Waals surface area contributed by atoms with Crippen LogP contribution in [0.3, 0.4) is 0 Å². The van der Waals surface area contributed by atoms with Gasteiger partial charge in [0.25, 0.3) is 0 Å². The fraction of sp³-hybridized carbons (Fsp3) is 0.759. The van der Waals surface area contributed by atoms with Gasteiger partial charge in [-0.05, 0) is 25.5 Å². The molecular formula is C29H38O18S. The molecule has 3 aliphatic carbocycles. The molecule has 5 heterocycles. The number of esters is 1. The highest BCUT2D eigenvalue weighted by atomic mass is 32.2. The average Bonchev–Trinajstić information content (AvgIpc) is 3.25. The van der Waals surface area contributed by atoms with E-state index in [9.17, 15) is 49.3 Å². The number of aliphatic hydroxyl groups is 7. The Kier molecular flexibility index (Phi) is 8.80. The average molecular weight is 707 g/mol. The van der Waals surface area contributed by atoms with E-state index in [1.165, 1.54) is 0 Å². The van der Waals surface area contributed by atoms with Crippen LogP contribution in [0.4, 0.5) is 0 Å². The number of benzene rings is 1. The monoisotopic (exact) mass is 706 g/mol. The summed E-state index contributed by atoms with van der Waals surface area (Å²) in [5.41, 5.74) is -3.84. The molecule has 0 spiro atoms. The van der Waals surface area contributed by atoms with Gasteiger partial charge in [-0.15, -0.1) is 0 Å². The van der Waals surface area contributed by atoms with E-state index in [0.717, 1.165) is 0 Å². The van der Waals surface area contributed by atoms with Crippen LogP contribution >= 0.6 is 0 Å². The molecule has 3 saturated carbocycles. The Morgan fingerprint density at radius 2 is 1.56 bits per heavy atom. The van der Waals surface area contributed by atoms with Crippen molar-refractivity contribution in [2.75, 3.05) is 19.8 Å². The summed E-state index contributed by atoms with van der Waals surface area (Å²) < 4.78 is 68.4. The third-order valence-electron chi connectivity index (χ3n) is 10.9. The van der Waals surface area contributed by atoms with Gasteiger partial charge in [0.2, 0.25) is 0 Å². The van der Waals surface area contributed by atoms with Gasteiger partial charge in [0, 0.05) is 12.3 Å². The number of rotatable bonds is 11. The normalized spacial score (nSPS) is 51.0. The van der Waals surface area contributed by atoms with Crippen molar-refractivity contribution in [3.63, 3.8) is 0 Å². The third kappa shape index (κ3) is 4.88. The number of ether oxygens (including phenoxy) is 7. The second-order valence-electron chi connectivity index (χ2n) is 13.3. The smallest absolute Gasteiger partial charge is 0.338 e. The van der Waals surface area contributed by atoms with Gasteiger partial charge in [0.15, 0.2) is 24.7 Å². The Hall–Kier alpha value is -1.76. The van der Waals surface area contributed by atoms with E-state index in [0.29, 0.717) is 0 Å². The van der Waals surface area contributed by atoms with E-state index in [2.05, 4.69) is 0 Å². The third-order valence-corrected chi connectivity index (χ3v) is 11.3. The molecule has 8 N–H and O–H groups in total. The van der Waals surface area contributed by atoms with E-state index in [4.69, 9.17) is 37.3 Å².